The molecule has 4 heteroatoms. The molecular formula is C18H22N2O2. The van der Waals surface area contributed by atoms with Crippen LogP contribution in [0.5, 0.6) is 0 Å². The van der Waals surface area contributed by atoms with Crippen LogP contribution in [0.3, 0.4) is 0 Å². The largest absolute Gasteiger partial charge is 0.235 e. The first-order valence-corrected chi connectivity index (χ1v) is 7.53. The molecule has 0 aromatic heterocycles. The molecule has 116 valence electrons. The number of carbonyl (C=O) groups excluding carboxylic acids is 2. The number of benzene rings is 1. The van der Waals surface area contributed by atoms with Gasteiger partial charge in [0.25, 0.3) is 0 Å². The molecule has 4 nitrogen and oxygen atoms in total. The Balaban J connectivity index is 2.53. The van der Waals surface area contributed by atoms with Crippen molar-refractivity contribution in [3.63, 3.8) is 0 Å². The molecule has 0 spiro atoms. The van der Waals surface area contributed by atoms with Gasteiger partial charge in [0.05, 0.1) is 12.1 Å². The van der Waals surface area contributed by atoms with Gasteiger partial charge >= 0.3 is 0 Å². The van der Waals surface area contributed by atoms with Crippen molar-refractivity contribution < 1.29 is 9.59 Å². The van der Waals surface area contributed by atoms with Gasteiger partial charge < -0.3 is 0 Å². The van der Waals surface area contributed by atoms with Gasteiger partial charge in [0.15, 0.2) is 0 Å². The molecule has 2 unspecified atom stereocenters. The van der Waals surface area contributed by atoms with Crippen LogP contribution in [0.25, 0.3) is 0 Å². The van der Waals surface area contributed by atoms with E-state index < -0.39 is 5.54 Å². The zero-order chi connectivity index (χ0) is 16.3. The first-order chi connectivity index (χ1) is 10.3. The third-order valence-electron chi connectivity index (χ3n) is 4.49. The molecule has 1 aromatic carbocycles. The van der Waals surface area contributed by atoms with Crippen LogP contribution < -0.4 is 0 Å². The standard InChI is InChI=1S/C18H22N2O2/c1-16(2)9-17(3,12-19-13-21)11-18(10-16,20-14-22)15-7-5-4-6-8-15/h4-8H,9-12H2,1-3H3. The van der Waals surface area contributed by atoms with Crippen LogP contribution in [-0.2, 0) is 15.1 Å². The average molecular weight is 298 g/mol. The first-order valence-electron chi connectivity index (χ1n) is 7.53. The van der Waals surface area contributed by atoms with Crippen LogP contribution in [0.2, 0.25) is 0 Å². The van der Waals surface area contributed by atoms with E-state index in [1.165, 1.54) is 0 Å². The van der Waals surface area contributed by atoms with E-state index in [2.05, 4.69) is 30.8 Å². The van der Waals surface area contributed by atoms with Crippen molar-refractivity contribution in [2.45, 2.75) is 45.6 Å². The lowest BCUT2D eigenvalue weighted by atomic mass is 9.56. The van der Waals surface area contributed by atoms with Gasteiger partial charge in [0.1, 0.15) is 0 Å². The second-order valence-corrected chi connectivity index (χ2v) is 7.51. The summed E-state index contributed by atoms with van der Waals surface area (Å²) in [6.07, 6.45) is 5.79. The topological polar surface area (TPSA) is 58.9 Å². The van der Waals surface area contributed by atoms with E-state index in [1.807, 2.05) is 30.3 Å². The van der Waals surface area contributed by atoms with Crippen LogP contribution in [0.1, 0.15) is 45.6 Å². The van der Waals surface area contributed by atoms with Crippen molar-refractivity contribution in [2.24, 2.45) is 20.8 Å². The fourth-order valence-electron chi connectivity index (χ4n) is 4.36. The van der Waals surface area contributed by atoms with Gasteiger partial charge in [0.2, 0.25) is 12.2 Å². The molecule has 0 aliphatic heterocycles. The monoisotopic (exact) mass is 298 g/mol. The quantitative estimate of drug-likeness (QED) is 0.627. The van der Waals surface area contributed by atoms with Crippen molar-refractivity contribution in [2.75, 3.05) is 6.54 Å². The third-order valence-corrected chi connectivity index (χ3v) is 4.49. The minimum Gasteiger partial charge on any atom is -0.211 e. The maximum Gasteiger partial charge on any atom is 0.235 e. The highest BCUT2D eigenvalue weighted by Gasteiger charge is 2.50. The predicted molar refractivity (Wildman–Crippen MR) is 85.0 cm³/mol. The van der Waals surface area contributed by atoms with Gasteiger partial charge in [-0.3, -0.25) is 0 Å². The smallest absolute Gasteiger partial charge is 0.211 e. The van der Waals surface area contributed by atoms with Crippen LogP contribution in [0, 0.1) is 10.8 Å². The Hall–Kier alpha value is -2.02. The van der Waals surface area contributed by atoms with Crippen LogP contribution in [-0.4, -0.2) is 18.7 Å². The number of hydrogen-bond acceptors (Lipinski definition) is 4. The third kappa shape index (κ3) is 3.41. The van der Waals surface area contributed by atoms with Gasteiger partial charge in [-0.25, -0.2) is 14.6 Å². The molecule has 2 atom stereocenters. The Morgan fingerprint density at radius 3 is 2.27 bits per heavy atom. The molecule has 0 N–H and O–H groups in total. The predicted octanol–water partition coefficient (Wildman–Crippen LogP) is 3.77. The lowest BCUT2D eigenvalue weighted by Gasteiger charge is -2.50. The minimum absolute atomic E-state index is 0.0123. The van der Waals surface area contributed by atoms with Crippen LogP contribution in [0.15, 0.2) is 40.3 Å². The average Bonchev–Trinajstić information content (AvgIpc) is 2.44. The van der Waals surface area contributed by atoms with Crippen molar-refractivity contribution in [1.82, 2.24) is 0 Å². The highest BCUT2D eigenvalue weighted by atomic mass is 16.1. The van der Waals surface area contributed by atoms with E-state index in [4.69, 9.17) is 0 Å². The molecule has 0 amide bonds. The lowest BCUT2D eigenvalue weighted by Crippen LogP contribution is -2.45. The van der Waals surface area contributed by atoms with E-state index >= 15 is 0 Å². The molecule has 0 radical (unpaired) electrons. The molecule has 0 bridgehead atoms. The van der Waals surface area contributed by atoms with E-state index in [1.54, 1.807) is 12.2 Å². The van der Waals surface area contributed by atoms with Crippen LogP contribution in [0.4, 0.5) is 0 Å². The number of rotatable bonds is 4. The van der Waals surface area contributed by atoms with Crippen molar-refractivity contribution in [1.29, 1.82) is 0 Å². The van der Waals surface area contributed by atoms with Gasteiger partial charge in [-0.2, -0.15) is 4.99 Å². The van der Waals surface area contributed by atoms with Crippen molar-refractivity contribution in [3.8, 4) is 0 Å². The number of isocyanates is 2. The molecule has 2 rings (SSSR count). The van der Waals surface area contributed by atoms with E-state index in [-0.39, 0.29) is 10.8 Å². The zero-order valence-corrected chi connectivity index (χ0v) is 13.4. The Labute approximate surface area is 131 Å². The van der Waals surface area contributed by atoms with Crippen molar-refractivity contribution in [3.05, 3.63) is 35.9 Å². The second-order valence-electron chi connectivity index (χ2n) is 7.51. The van der Waals surface area contributed by atoms with Gasteiger partial charge in [-0.1, -0.05) is 51.1 Å². The molecule has 0 heterocycles. The molecular weight excluding hydrogens is 276 g/mol. The summed E-state index contributed by atoms with van der Waals surface area (Å²) in [7, 11) is 0. The lowest BCUT2D eigenvalue weighted by molar-refractivity contribution is 0.0419. The minimum atomic E-state index is -0.599. The Morgan fingerprint density at radius 1 is 1.00 bits per heavy atom. The van der Waals surface area contributed by atoms with Gasteiger partial charge in [0, 0.05) is 0 Å². The Morgan fingerprint density at radius 2 is 1.68 bits per heavy atom. The van der Waals surface area contributed by atoms with E-state index in [9.17, 15) is 9.59 Å². The van der Waals surface area contributed by atoms with E-state index in [0.29, 0.717) is 13.0 Å². The number of hydrogen-bond donors (Lipinski definition) is 0. The highest BCUT2D eigenvalue weighted by molar-refractivity contribution is 5.39. The number of aliphatic imine (C=N–C) groups is 2. The summed E-state index contributed by atoms with van der Waals surface area (Å²) in [5, 5.41) is 0. The summed E-state index contributed by atoms with van der Waals surface area (Å²) in [5.74, 6) is 0. The zero-order valence-electron chi connectivity index (χ0n) is 13.4. The molecule has 1 saturated carbocycles. The van der Waals surface area contributed by atoms with Gasteiger partial charge in [-0.05, 0) is 35.7 Å². The molecule has 1 aromatic rings. The Bertz CT molecular complexity index is 628. The molecule has 1 aliphatic rings. The molecule has 1 aliphatic carbocycles. The molecule has 22 heavy (non-hydrogen) atoms. The van der Waals surface area contributed by atoms with Gasteiger partial charge in [-0.15, -0.1) is 0 Å². The Kier molecular flexibility index (Phi) is 4.46. The summed E-state index contributed by atoms with van der Waals surface area (Å²) in [6.45, 7) is 6.86. The first kappa shape index (κ1) is 16.4. The maximum atomic E-state index is 11.1. The fourth-order valence-corrected chi connectivity index (χ4v) is 4.36. The SMILES string of the molecule is CC1(C)CC(C)(CN=C=O)CC(N=C=O)(c2ccccc2)C1. The summed E-state index contributed by atoms with van der Waals surface area (Å²) in [5.41, 5.74) is 0.210. The normalized spacial score (nSPS) is 30.0. The number of nitrogens with zero attached hydrogens (tertiary/aromatic N) is 2. The van der Waals surface area contributed by atoms with Crippen molar-refractivity contribution >= 4 is 12.2 Å². The summed E-state index contributed by atoms with van der Waals surface area (Å²) in [4.78, 5) is 29.7. The maximum absolute atomic E-state index is 11.1. The summed E-state index contributed by atoms with van der Waals surface area (Å²) < 4.78 is 0. The van der Waals surface area contributed by atoms with E-state index in [0.717, 1.165) is 18.4 Å². The molecule has 0 saturated heterocycles. The molecule has 1 fully saturated rings. The summed E-state index contributed by atoms with van der Waals surface area (Å²) in [6, 6.07) is 9.88. The highest BCUT2D eigenvalue weighted by Crippen LogP contribution is 2.55. The second kappa shape index (κ2) is 6.00. The fraction of sp³-hybridized carbons (Fsp3) is 0.556. The van der Waals surface area contributed by atoms with Crippen LogP contribution >= 0.6 is 0 Å². The summed E-state index contributed by atoms with van der Waals surface area (Å²) >= 11 is 0.